The highest BCUT2D eigenvalue weighted by atomic mass is 35.5. The highest BCUT2D eigenvalue weighted by molar-refractivity contribution is 6.30. The molecular weight excluding hydrogens is 196 g/mol. The van der Waals surface area contributed by atoms with Gasteiger partial charge in [-0.1, -0.05) is 25.4 Å². The van der Waals surface area contributed by atoms with E-state index in [0.717, 1.165) is 24.5 Å². The number of fused-ring (bicyclic) bond motifs is 1. The van der Waals surface area contributed by atoms with Crippen molar-refractivity contribution in [1.29, 1.82) is 0 Å². The van der Waals surface area contributed by atoms with Gasteiger partial charge in [-0.05, 0) is 31.6 Å². The maximum Gasteiger partial charge on any atom is 0.130 e. The largest absolute Gasteiger partial charge is 0.253 e. The van der Waals surface area contributed by atoms with Crippen LogP contribution in [0, 0.1) is 5.92 Å². The summed E-state index contributed by atoms with van der Waals surface area (Å²) in [6, 6.07) is 0. The number of nitrogens with zero attached hydrogens (tertiary/aromatic N) is 2. The zero-order valence-electron chi connectivity index (χ0n) is 8.89. The fraction of sp³-hybridized carbons (Fsp3) is 0.727. The maximum atomic E-state index is 6.29. The van der Waals surface area contributed by atoms with Crippen LogP contribution in [0.1, 0.15) is 37.9 Å². The minimum atomic E-state index is 0.605. The molecule has 0 bridgehead atoms. The smallest absolute Gasteiger partial charge is 0.130 e. The van der Waals surface area contributed by atoms with Gasteiger partial charge in [0, 0.05) is 12.1 Å². The van der Waals surface area contributed by atoms with Crippen molar-refractivity contribution >= 4 is 11.6 Å². The second-order valence-corrected chi connectivity index (χ2v) is 4.86. The number of hydrogen-bond acceptors (Lipinski definition) is 1. The molecule has 3 heteroatoms. The first kappa shape index (κ1) is 10.0. The molecule has 1 aromatic rings. The van der Waals surface area contributed by atoms with E-state index in [4.69, 9.17) is 11.6 Å². The van der Waals surface area contributed by atoms with Crippen LogP contribution >= 0.6 is 11.6 Å². The Labute approximate surface area is 90.3 Å². The summed E-state index contributed by atoms with van der Waals surface area (Å²) in [5.41, 5.74) is 2.54. The number of aromatic nitrogens is 2. The molecule has 14 heavy (non-hydrogen) atoms. The lowest BCUT2D eigenvalue weighted by atomic mass is 9.99. The minimum absolute atomic E-state index is 0.605. The van der Waals surface area contributed by atoms with Crippen LogP contribution in [0.4, 0.5) is 0 Å². The van der Waals surface area contributed by atoms with Crippen molar-refractivity contribution in [2.75, 3.05) is 0 Å². The van der Waals surface area contributed by atoms with Gasteiger partial charge in [0.1, 0.15) is 5.15 Å². The lowest BCUT2D eigenvalue weighted by Gasteiger charge is -2.08. The SMILES string of the molecule is CC(C)Cn1nc2c(c1Cl)CCCC2. The van der Waals surface area contributed by atoms with Crippen molar-refractivity contribution < 1.29 is 0 Å². The summed E-state index contributed by atoms with van der Waals surface area (Å²) in [6.45, 7) is 5.32. The van der Waals surface area contributed by atoms with Crippen molar-refractivity contribution in [2.24, 2.45) is 5.92 Å². The third-order valence-corrected chi connectivity index (χ3v) is 3.12. The van der Waals surface area contributed by atoms with Gasteiger partial charge in [0.25, 0.3) is 0 Å². The Kier molecular flexibility index (Phi) is 2.82. The van der Waals surface area contributed by atoms with Crippen LogP contribution in [-0.4, -0.2) is 9.78 Å². The molecule has 1 heterocycles. The highest BCUT2D eigenvalue weighted by Crippen LogP contribution is 2.27. The highest BCUT2D eigenvalue weighted by Gasteiger charge is 2.19. The Hall–Kier alpha value is -0.500. The van der Waals surface area contributed by atoms with E-state index in [9.17, 15) is 0 Å². The summed E-state index contributed by atoms with van der Waals surface area (Å²) < 4.78 is 1.97. The molecule has 0 atom stereocenters. The normalized spacial score (nSPS) is 16.0. The third kappa shape index (κ3) is 1.81. The van der Waals surface area contributed by atoms with Gasteiger partial charge in [0.15, 0.2) is 0 Å². The Balaban J connectivity index is 2.29. The van der Waals surface area contributed by atoms with Crippen molar-refractivity contribution in [3.63, 3.8) is 0 Å². The van der Waals surface area contributed by atoms with E-state index in [0.29, 0.717) is 5.92 Å². The molecule has 0 saturated carbocycles. The van der Waals surface area contributed by atoms with Crippen LogP contribution in [0.2, 0.25) is 5.15 Å². The average molecular weight is 213 g/mol. The van der Waals surface area contributed by atoms with E-state index in [1.54, 1.807) is 0 Å². The van der Waals surface area contributed by atoms with Crippen molar-refractivity contribution in [3.05, 3.63) is 16.4 Å². The van der Waals surface area contributed by atoms with E-state index in [-0.39, 0.29) is 0 Å². The van der Waals surface area contributed by atoms with Crippen LogP contribution in [-0.2, 0) is 19.4 Å². The molecule has 0 aliphatic heterocycles. The Morgan fingerprint density at radius 2 is 2.07 bits per heavy atom. The summed E-state index contributed by atoms with van der Waals surface area (Å²) in [4.78, 5) is 0. The summed E-state index contributed by atoms with van der Waals surface area (Å²) in [5.74, 6) is 0.605. The molecule has 1 aliphatic carbocycles. The van der Waals surface area contributed by atoms with E-state index in [2.05, 4.69) is 18.9 Å². The van der Waals surface area contributed by atoms with Gasteiger partial charge >= 0.3 is 0 Å². The molecule has 0 aromatic carbocycles. The molecule has 0 fully saturated rings. The quantitative estimate of drug-likeness (QED) is 0.737. The molecule has 0 radical (unpaired) electrons. The molecule has 0 saturated heterocycles. The van der Waals surface area contributed by atoms with Crippen LogP contribution in [0.5, 0.6) is 0 Å². The van der Waals surface area contributed by atoms with Gasteiger partial charge in [-0.25, -0.2) is 0 Å². The monoisotopic (exact) mass is 212 g/mol. The molecule has 1 aromatic heterocycles. The van der Waals surface area contributed by atoms with Crippen LogP contribution in [0.25, 0.3) is 0 Å². The van der Waals surface area contributed by atoms with E-state index >= 15 is 0 Å². The molecule has 2 rings (SSSR count). The summed E-state index contributed by atoms with van der Waals surface area (Å²) in [6.07, 6.45) is 4.76. The molecule has 78 valence electrons. The fourth-order valence-electron chi connectivity index (χ4n) is 2.03. The fourth-order valence-corrected chi connectivity index (χ4v) is 2.34. The lowest BCUT2D eigenvalue weighted by Crippen LogP contribution is -2.06. The second-order valence-electron chi connectivity index (χ2n) is 4.50. The predicted octanol–water partition coefficient (Wildman–Crippen LogP) is 3.07. The van der Waals surface area contributed by atoms with Crippen molar-refractivity contribution in [2.45, 2.75) is 46.1 Å². The lowest BCUT2D eigenvalue weighted by molar-refractivity contribution is 0.480. The maximum absolute atomic E-state index is 6.29. The average Bonchev–Trinajstić information content (AvgIpc) is 2.44. The van der Waals surface area contributed by atoms with Crippen LogP contribution in [0.3, 0.4) is 0 Å². The molecule has 2 nitrogen and oxygen atoms in total. The van der Waals surface area contributed by atoms with Gasteiger partial charge in [0.05, 0.1) is 5.69 Å². The van der Waals surface area contributed by atoms with Crippen molar-refractivity contribution in [3.8, 4) is 0 Å². The molecule has 1 aliphatic rings. The predicted molar refractivity (Wildman–Crippen MR) is 58.7 cm³/mol. The first-order valence-corrected chi connectivity index (χ1v) is 5.80. The van der Waals surface area contributed by atoms with Gasteiger partial charge in [-0.3, -0.25) is 4.68 Å². The number of aryl methyl sites for hydroxylation is 1. The second kappa shape index (κ2) is 3.93. The van der Waals surface area contributed by atoms with Crippen LogP contribution < -0.4 is 0 Å². The Morgan fingerprint density at radius 3 is 2.71 bits per heavy atom. The minimum Gasteiger partial charge on any atom is -0.253 e. The van der Waals surface area contributed by atoms with Gasteiger partial charge < -0.3 is 0 Å². The van der Waals surface area contributed by atoms with Crippen molar-refractivity contribution in [1.82, 2.24) is 9.78 Å². The molecule has 0 unspecified atom stereocenters. The number of halogens is 1. The molecular formula is C11H17ClN2. The van der Waals surface area contributed by atoms with Crippen LogP contribution in [0.15, 0.2) is 0 Å². The van der Waals surface area contributed by atoms with E-state index in [1.807, 2.05) is 4.68 Å². The molecule has 0 spiro atoms. The van der Waals surface area contributed by atoms with Gasteiger partial charge in [-0.2, -0.15) is 5.10 Å². The zero-order chi connectivity index (χ0) is 10.1. The summed E-state index contributed by atoms with van der Waals surface area (Å²) >= 11 is 6.29. The van der Waals surface area contributed by atoms with Gasteiger partial charge in [-0.15, -0.1) is 0 Å². The standard InChI is InChI=1S/C11H17ClN2/c1-8(2)7-14-11(12)9-5-3-4-6-10(9)13-14/h8H,3-7H2,1-2H3. The summed E-state index contributed by atoms with van der Waals surface area (Å²) in [7, 11) is 0. The first-order valence-electron chi connectivity index (χ1n) is 5.42. The topological polar surface area (TPSA) is 17.8 Å². The van der Waals surface area contributed by atoms with E-state index in [1.165, 1.54) is 24.1 Å². The van der Waals surface area contributed by atoms with Gasteiger partial charge in [0.2, 0.25) is 0 Å². The first-order chi connectivity index (χ1) is 6.68. The van der Waals surface area contributed by atoms with E-state index < -0.39 is 0 Å². The zero-order valence-corrected chi connectivity index (χ0v) is 9.64. The molecule has 0 amide bonds. The number of rotatable bonds is 2. The summed E-state index contributed by atoms with van der Waals surface area (Å²) in [5, 5.41) is 5.46. The Morgan fingerprint density at radius 1 is 1.36 bits per heavy atom. The number of hydrogen-bond donors (Lipinski definition) is 0. The third-order valence-electron chi connectivity index (χ3n) is 2.69. The molecule has 0 N–H and O–H groups in total. The Bertz CT molecular complexity index is 328.